The molecule has 0 bridgehead atoms. The smallest absolute Gasteiger partial charge is 0.0619 e. The molecule has 2 nitrogen and oxygen atoms in total. The molecule has 1 aliphatic carbocycles. The zero-order valence-corrected chi connectivity index (χ0v) is 7.88. The van der Waals surface area contributed by atoms with E-state index < -0.39 is 0 Å². The van der Waals surface area contributed by atoms with Crippen LogP contribution in [0.3, 0.4) is 0 Å². The molecule has 70 valence electrons. The Balaban J connectivity index is 1.70. The lowest BCUT2D eigenvalue weighted by atomic mass is 9.80. The van der Waals surface area contributed by atoms with Gasteiger partial charge in [0.05, 0.1) is 6.61 Å². The summed E-state index contributed by atoms with van der Waals surface area (Å²) in [5.41, 5.74) is 0. The van der Waals surface area contributed by atoms with Gasteiger partial charge in [-0.1, -0.05) is 6.92 Å². The van der Waals surface area contributed by atoms with Crippen LogP contribution in [-0.2, 0) is 4.74 Å². The van der Waals surface area contributed by atoms with Gasteiger partial charge in [0.2, 0.25) is 0 Å². The van der Waals surface area contributed by atoms with Gasteiger partial charge < -0.3 is 10.1 Å². The summed E-state index contributed by atoms with van der Waals surface area (Å²) in [4.78, 5) is 0. The minimum Gasteiger partial charge on any atom is -0.380 e. The molecule has 3 unspecified atom stereocenters. The average molecular weight is 169 g/mol. The molecule has 0 aromatic carbocycles. The van der Waals surface area contributed by atoms with E-state index in [2.05, 4.69) is 12.2 Å². The lowest BCUT2D eigenvalue weighted by Crippen LogP contribution is -2.50. The molecule has 1 saturated heterocycles. The van der Waals surface area contributed by atoms with E-state index in [-0.39, 0.29) is 0 Å². The molecule has 0 aromatic heterocycles. The summed E-state index contributed by atoms with van der Waals surface area (Å²) >= 11 is 0. The monoisotopic (exact) mass is 169 g/mol. The van der Waals surface area contributed by atoms with Gasteiger partial charge in [0.15, 0.2) is 0 Å². The molecule has 2 fully saturated rings. The maximum absolute atomic E-state index is 5.42. The van der Waals surface area contributed by atoms with Crippen molar-refractivity contribution < 1.29 is 4.74 Å². The van der Waals surface area contributed by atoms with Crippen molar-refractivity contribution in [2.75, 3.05) is 13.2 Å². The Hall–Kier alpha value is -0.0800. The standard InChI is InChI=1S/C10H19NO/c1-8-4-5-10(8)11-9-3-2-6-12-7-9/h8-11H,2-7H2,1H3. The summed E-state index contributed by atoms with van der Waals surface area (Å²) < 4.78 is 5.42. The lowest BCUT2D eigenvalue weighted by molar-refractivity contribution is 0.0552. The van der Waals surface area contributed by atoms with E-state index in [1.165, 1.54) is 25.7 Å². The number of nitrogens with one attached hydrogen (secondary N) is 1. The molecular weight excluding hydrogens is 150 g/mol. The fraction of sp³-hybridized carbons (Fsp3) is 1.00. The summed E-state index contributed by atoms with van der Waals surface area (Å²) in [5, 5.41) is 3.68. The van der Waals surface area contributed by atoms with Crippen molar-refractivity contribution in [3.63, 3.8) is 0 Å². The molecule has 2 heteroatoms. The third-order valence-electron chi connectivity index (χ3n) is 3.23. The first-order chi connectivity index (χ1) is 5.86. The maximum Gasteiger partial charge on any atom is 0.0619 e. The van der Waals surface area contributed by atoms with E-state index in [9.17, 15) is 0 Å². The van der Waals surface area contributed by atoms with Crippen LogP contribution in [0.4, 0.5) is 0 Å². The second kappa shape index (κ2) is 3.75. The van der Waals surface area contributed by atoms with Crippen LogP contribution in [0, 0.1) is 5.92 Å². The molecule has 1 aliphatic heterocycles. The van der Waals surface area contributed by atoms with Crippen LogP contribution in [0.15, 0.2) is 0 Å². The predicted octanol–water partition coefficient (Wildman–Crippen LogP) is 1.55. The molecule has 2 rings (SSSR count). The van der Waals surface area contributed by atoms with Crippen LogP contribution in [0.5, 0.6) is 0 Å². The normalized spacial score (nSPS) is 42.2. The highest BCUT2D eigenvalue weighted by atomic mass is 16.5. The second-order valence-electron chi connectivity index (χ2n) is 4.24. The van der Waals surface area contributed by atoms with Crippen LogP contribution in [0.25, 0.3) is 0 Å². The van der Waals surface area contributed by atoms with E-state index in [0.717, 1.165) is 25.2 Å². The number of rotatable bonds is 2. The Morgan fingerprint density at radius 3 is 2.67 bits per heavy atom. The van der Waals surface area contributed by atoms with E-state index in [4.69, 9.17) is 4.74 Å². The van der Waals surface area contributed by atoms with Crippen LogP contribution in [-0.4, -0.2) is 25.3 Å². The van der Waals surface area contributed by atoms with E-state index >= 15 is 0 Å². The molecule has 3 atom stereocenters. The zero-order chi connectivity index (χ0) is 8.39. The van der Waals surface area contributed by atoms with Gasteiger partial charge in [-0.25, -0.2) is 0 Å². The second-order valence-corrected chi connectivity index (χ2v) is 4.24. The molecule has 2 aliphatic rings. The van der Waals surface area contributed by atoms with Crippen molar-refractivity contribution in [3.8, 4) is 0 Å². The Morgan fingerprint density at radius 1 is 1.25 bits per heavy atom. The third-order valence-corrected chi connectivity index (χ3v) is 3.23. The largest absolute Gasteiger partial charge is 0.380 e. The van der Waals surface area contributed by atoms with Crippen molar-refractivity contribution in [2.24, 2.45) is 5.92 Å². The Kier molecular flexibility index (Phi) is 2.66. The van der Waals surface area contributed by atoms with Gasteiger partial charge in [-0.3, -0.25) is 0 Å². The number of hydrogen-bond acceptors (Lipinski definition) is 2. The van der Waals surface area contributed by atoms with Gasteiger partial charge in [-0.2, -0.15) is 0 Å². The van der Waals surface area contributed by atoms with Crippen LogP contribution >= 0.6 is 0 Å². The fourth-order valence-corrected chi connectivity index (χ4v) is 2.09. The summed E-state index contributed by atoms with van der Waals surface area (Å²) in [6.45, 7) is 4.24. The minimum absolute atomic E-state index is 0.645. The predicted molar refractivity (Wildman–Crippen MR) is 49.2 cm³/mol. The minimum atomic E-state index is 0.645. The van der Waals surface area contributed by atoms with E-state index in [0.29, 0.717) is 6.04 Å². The van der Waals surface area contributed by atoms with Crippen molar-refractivity contribution in [2.45, 2.75) is 44.7 Å². The topological polar surface area (TPSA) is 21.3 Å². The van der Waals surface area contributed by atoms with Crippen molar-refractivity contribution in [3.05, 3.63) is 0 Å². The lowest BCUT2D eigenvalue weighted by Gasteiger charge is -2.38. The highest BCUT2D eigenvalue weighted by Crippen LogP contribution is 2.27. The highest BCUT2D eigenvalue weighted by Gasteiger charge is 2.28. The first-order valence-electron chi connectivity index (χ1n) is 5.20. The quantitative estimate of drug-likeness (QED) is 0.677. The van der Waals surface area contributed by atoms with E-state index in [1.54, 1.807) is 0 Å². The summed E-state index contributed by atoms with van der Waals surface area (Å²) in [6, 6.07) is 1.43. The third kappa shape index (κ3) is 1.80. The first-order valence-corrected chi connectivity index (χ1v) is 5.20. The molecule has 0 aromatic rings. The molecule has 12 heavy (non-hydrogen) atoms. The first kappa shape index (κ1) is 8.52. The van der Waals surface area contributed by atoms with E-state index in [1.807, 2.05) is 0 Å². The summed E-state index contributed by atoms with van der Waals surface area (Å²) in [6.07, 6.45) is 5.32. The molecule has 1 saturated carbocycles. The van der Waals surface area contributed by atoms with Gasteiger partial charge in [0, 0.05) is 18.7 Å². The Labute approximate surface area is 74.7 Å². The van der Waals surface area contributed by atoms with Crippen molar-refractivity contribution in [1.29, 1.82) is 0 Å². The molecule has 1 N–H and O–H groups in total. The SMILES string of the molecule is CC1CCC1NC1CCCOC1. The van der Waals surface area contributed by atoms with Crippen molar-refractivity contribution in [1.82, 2.24) is 5.32 Å². The van der Waals surface area contributed by atoms with Gasteiger partial charge in [-0.05, 0) is 31.6 Å². The molecule has 1 heterocycles. The van der Waals surface area contributed by atoms with Crippen molar-refractivity contribution >= 4 is 0 Å². The Bertz CT molecular complexity index is 143. The van der Waals surface area contributed by atoms with Gasteiger partial charge >= 0.3 is 0 Å². The molecular formula is C10H19NO. The number of hydrogen-bond donors (Lipinski definition) is 1. The van der Waals surface area contributed by atoms with Crippen LogP contribution < -0.4 is 5.32 Å². The van der Waals surface area contributed by atoms with Gasteiger partial charge in [0.1, 0.15) is 0 Å². The molecule has 0 amide bonds. The number of ether oxygens (including phenoxy) is 1. The summed E-state index contributed by atoms with van der Waals surface area (Å²) in [7, 11) is 0. The fourth-order valence-electron chi connectivity index (χ4n) is 2.09. The Morgan fingerprint density at radius 2 is 2.17 bits per heavy atom. The van der Waals surface area contributed by atoms with Crippen LogP contribution in [0.1, 0.15) is 32.6 Å². The maximum atomic E-state index is 5.42. The average Bonchev–Trinajstić information content (AvgIpc) is 2.14. The molecule has 0 spiro atoms. The van der Waals surface area contributed by atoms with Gasteiger partial charge in [-0.15, -0.1) is 0 Å². The summed E-state index contributed by atoms with van der Waals surface area (Å²) in [5.74, 6) is 0.895. The highest BCUT2D eigenvalue weighted by molar-refractivity contribution is 4.86. The molecule has 0 radical (unpaired) electrons. The van der Waals surface area contributed by atoms with Gasteiger partial charge in [0.25, 0.3) is 0 Å². The zero-order valence-electron chi connectivity index (χ0n) is 7.88. The van der Waals surface area contributed by atoms with Crippen LogP contribution in [0.2, 0.25) is 0 Å².